The molecule has 5 nitrogen and oxygen atoms in total. The third-order valence-corrected chi connectivity index (χ3v) is 5.43. The van der Waals surface area contributed by atoms with E-state index in [1.54, 1.807) is 23.1 Å². The van der Waals surface area contributed by atoms with Crippen molar-refractivity contribution in [1.29, 1.82) is 0 Å². The molecule has 2 heterocycles. The van der Waals surface area contributed by atoms with Crippen LogP contribution in [-0.4, -0.2) is 40.9 Å². The van der Waals surface area contributed by atoms with Gasteiger partial charge < -0.3 is 10.2 Å². The third-order valence-electron chi connectivity index (χ3n) is 5.20. The summed E-state index contributed by atoms with van der Waals surface area (Å²) in [5, 5.41) is 3.53. The van der Waals surface area contributed by atoms with Crippen LogP contribution in [0.4, 0.5) is 4.79 Å². The molecule has 3 amide bonds. The summed E-state index contributed by atoms with van der Waals surface area (Å²) < 4.78 is 0. The topological polar surface area (TPSA) is 52.7 Å². The number of halogens is 1. The number of nitrogens with one attached hydrogen (secondary N) is 1. The van der Waals surface area contributed by atoms with Crippen LogP contribution in [0.15, 0.2) is 48.2 Å². The minimum absolute atomic E-state index is 0.0276. The number of carbonyl (C=O) groups is 2. The molecule has 0 saturated carbocycles. The first kappa shape index (κ1) is 18.5. The van der Waals surface area contributed by atoms with Gasteiger partial charge in [0.2, 0.25) is 0 Å². The second kappa shape index (κ2) is 7.16. The molecular weight excluding hydrogens is 350 g/mol. The van der Waals surface area contributed by atoms with Crippen molar-refractivity contribution < 1.29 is 9.59 Å². The first-order valence-corrected chi connectivity index (χ1v) is 9.21. The minimum atomic E-state index is -0.492. The Morgan fingerprint density at radius 2 is 2.08 bits per heavy atom. The molecule has 0 fully saturated rings. The summed E-state index contributed by atoms with van der Waals surface area (Å²) >= 11 is 6.13. The van der Waals surface area contributed by atoms with Crippen LogP contribution in [0, 0.1) is 5.92 Å². The quantitative estimate of drug-likeness (QED) is 0.799. The lowest BCUT2D eigenvalue weighted by Crippen LogP contribution is -2.47. The van der Waals surface area contributed by atoms with E-state index < -0.39 is 6.04 Å². The van der Waals surface area contributed by atoms with Gasteiger partial charge in [0, 0.05) is 17.6 Å². The van der Waals surface area contributed by atoms with E-state index >= 15 is 0 Å². The summed E-state index contributed by atoms with van der Waals surface area (Å²) in [6.07, 6.45) is 1.67. The van der Waals surface area contributed by atoms with Crippen LogP contribution in [-0.2, 0) is 4.79 Å². The van der Waals surface area contributed by atoms with Crippen LogP contribution in [0.1, 0.15) is 32.4 Å². The Morgan fingerprint density at radius 3 is 2.69 bits per heavy atom. The number of nitrogens with zero attached hydrogens (tertiary/aromatic N) is 2. The Labute approximate surface area is 159 Å². The lowest BCUT2D eigenvalue weighted by Gasteiger charge is -2.33. The standard InChI is InChI=1S/C20H24ClN3O2/c1-5-9-23-16-11-24(13(4)12(2)3)19(25)17(16)18(22-20(23)26)14-7-6-8-15(21)10-14/h5-8,10,12-13,18H,1,9,11H2,2-4H3,(H,22,26)/t13-,18+/m1/s1. The number of benzene rings is 1. The number of urea groups is 1. The van der Waals surface area contributed by atoms with E-state index in [-0.39, 0.29) is 18.0 Å². The van der Waals surface area contributed by atoms with E-state index in [4.69, 9.17) is 11.6 Å². The molecule has 1 N–H and O–H groups in total. The van der Waals surface area contributed by atoms with Crippen molar-refractivity contribution in [3.63, 3.8) is 0 Å². The van der Waals surface area contributed by atoms with Crippen molar-refractivity contribution >= 4 is 23.5 Å². The fourth-order valence-electron chi connectivity index (χ4n) is 3.46. The first-order valence-electron chi connectivity index (χ1n) is 8.83. The van der Waals surface area contributed by atoms with Gasteiger partial charge in [0.25, 0.3) is 5.91 Å². The fourth-order valence-corrected chi connectivity index (χ4v) is 3.66. The summed E-state index contributed by atoms with van der Waals surface area (Å²) in [4.78, 5) is 29.4. The number of hydrogen-bond acceptors (Lipinski definition) is 2. The SMILES string of the molecule is C=CCN1C(=O)N[C@@H](c2cccc(Cl)c2)C2=C1CN([C@H](C)C(C)C)C2=O. The van der Waals surface area contributed by atoms with Gasteiger partial charge in [0.05, 0.1) is 23.9 Å². The maximum atomic E-state index is 13.2. The van der Waals surface area contributed by atoms with Gasteiger partial charge in [-0.25, -0.2) is 4.79 Å². The van der Waals surface area contributed by atoms with Crippen LogP contribution in [0.3, 0.4) is 0 Å². The Bertz CT molecular complexity index is 787. The summed E-state index contributed by atoms with van der Waals surface area (Å²) in [6.45, 7) is 10.8. The largest absolute Gasteiger partial charge is 0.330 e. The molecule has 3 rings (SSSR count). The van der Waals surface area contributed by atoms with E-state index in [0.29, 0.717) is 29.6 Å². The lowest BCUT2D eigenvalue weighted by atomic mass is 9.95. The van der Waals surface area contributed by atoms with Crippen LogP contribution >= 0.6 is 11.6 Å². The highest BCUT2D eigenvalue weighted by molar-refractivity contribution is 6.30. The lowest BCUT2D eigenvalue weighted by molar-refractivity contribution is -0.128. The van der Waals surface area contributed by atoms with Gasteiger partial charge in [-0.05, 0) is 30.5 Å². The van der Waals surface area contributed by atoms with Gasteiger partial charge in [-0.2, -0.15) is 0 Å². The molecule has 0 aliphatic carbocycles. The van der Waals surface area contributed by atoms with Crippen molar-refractivity contribution in [2.24, 2.45) is 5.92 Å². The summed E-state index contributed by atoms with van der Waals surface area (Å²) in [6, 6.07) is 6.64. The van der Waals surface area contributed by atoms with Gasteiger partial charge in [-0.15, -0.1) is 6.58 Å². The van der Waals surface area contributed by atoms with Crippen molar-refractivity contribution in [1.82, 2.24) is 15.1 Å². The average molecular weight is 374 g/mol. The molecule has 2 aliphatic heterocycles. The molecule has 1 aromatic rings. The van der Waals surface area contributed by atoms with Crippen molar-refractivity contribution in [2.75, 3.05) is 13.1 Å². The molecule has 0 aromatic heterocycles. The molecule has 0 spiro atoms. The minimum Gasteiger partial charge on any atom is -0.330 e. The number of hydrogen-bond donors (Lipinski definition) is 1. The van der Waals surface area contributed by atoms with Gasteiger partial charge in [-0.1, -0.05) is 43.7 Å². The maximum absolute atomic E-state index is 13.2. The van der Waals surface area contributed by atoms with Crippen molar-refractivity contribution in [2.45, 2.75) is 32.9 Å². The molecule has 2 atom stereocenters. The fraction of sp³-hybridized carbons (Fsp3) is 0.400. The monoisotopic (exact) mass is 373 g/mol. The normalized spacial score (nSPS) is 21.2. The van der Waals surface area contributed by atoms with E-state index in [2.05, 4.69) is 25.7 Å². The molecule has 138 valence electrons. The number of rotatable bonds is 5. The summed E-state index contributed by atoms with van der Waals surface area (Å²) in [5.74, 6) is 0.293. The Morgan fingerprint density at radius 1 is 1.35 bits per heavy atom. The zero-order valence-electron chi connectivity index (χ0n) is 15.3. The van der Waals surface area contributed by atoms with Crippen LogP contribution in [0.25, 0.3) is 0 Å². The van der Waals surface area contributed by atoms with Crippen molar-refractivity contribution in [3.8, 4) is 0 Å². The Balaban J connectivity index is 2.07. The smallest absolute Gasteiger partial charge is 0.322 e. The highest BCUT2D eigenvalue weighted by Crippen LogP contribution is 2.38. The molecule has 0 bridgehead atoms. The highest BCUT2D eigenvalue weighted by atomic mass is 35.5. The number of carbonyl (C=O) groups excluding carboxylic acids is 2. The molecule has 26 heavy (non-hydrogen) atoms. The highest BCUT2D eigenvalue weighted by Gasteiger charge is 2.45. The summed E-state index contributed by atoms with van der Waals surface area (Å²) in [5.41, 5.74) is 2.20. The molecule has 1 aromatic carbocycles. The molecule has 0 saturated heterocycles. The van der Waals surface area contributed by atoms with Gasteiger partial charge in [-0.3, -0.25) is 9.69 Å². The maximum Gasteiger partial charge on any atom is 0.322 e. The number of amides is 3. The second-order valence-corrected chi connectivity index (χ2v) is 7.55. The Hall–Kier alpha value is -2.27. The first-order chi connectivity index (χ1) is 12.3. The van der Waals surface area contributed by atoms with E-state index in [1.165, 1.54) is 0 Å². The molecular formula is C20H24ClN3O2. The molecule has 0 unspecified atom stereocenters. The van der Waals surface area contributed by atoms with Gasteiger partial charge in [0.15, 0.2) is 0 Å². The molecule has 0 radical (unpaired) electrons. The predicted molar refractivity (Wildman–Crippen MR) is 103 cm³/mol. The van der Waals surface area contributed by atoms with E-state index in [0.717, 1.165) is 11.3 Å². The Kier molecular flexibility index (Phi) is 5.10. The van der Waals surface area contributed by atoms with E-state index in [1.807, 2.05) is 24.0 Å². The third kappa shape index (κ3) is 3.12. The van der Waals surface area contributed by atoms with Crippen LogP contribution in [0.2, 0.25) is 5.02 Å². The second-order valence-electron chi connectivity index (χ2n) is 7.11. The average Bonchev–Trinajstić information content (AvgIpc) is 2.94. The zero-order chi connectivity index (χ0) is 19.0. The summed E-state index contributed by atoms with van der Waals surface area (Å²) in [7, 11) is 0. The van der Waals surface area contributed by atoms with E-state index in [9.17, 15) is 9.59 Å². The van der Waals surface area contributed by atoms with Crippen LogP contribution < -0.4 is 5.32 Å². The zero-order valence-corrected chi connectivity index (χ0v) is 16.1. The van der Waals surface area contributed by atoms with Crippen LogP contribution in [0.5, 0.6) is 0 Å². The van der Waals surface area contributed by atoms with Gasteiger partial charge in [0.1, 0.15) is 0 Å². The van der Waals surface area contributed by atoms with Gasteiger partial charge >= 0.3 is 6.03 Å². The van der Waals surface area contributed by atoms with Crippen molar-refractivity contribution in [3.05, 3.63) is 58.8 Å². The predicted octanol–water partition coefficient (Wildman–Crippen LogP) is 3.73. The molecule has 2 aliphatic rings. The molecule has 6 heteroatoms.